The fraction of sp³-hybridized carbons (Fsp3) is 0.375. The summed E-state index contributed by atoms with van der Waals surface area (Å²) < 4.78 is 0. The zero-order valence-corrected chi connectivity index (χ0v) is 8.44. The molecule has 0 saturated carbocycles. The van der Waals surface area contributed by atoms with Crippen molar-refractivity contribution >= 4 is 5.91 Å². The highest BCUT2D eigenvalue weighted by Gasteiger charge is 2.10. The average molecular weight is 214 g/mol. The number of nitrogens with one attached hydrogen (secondary N) is 1. The Balaban J connectivity index is 5.25. The number of hydroxylamine groups is 1. The number of carbonyl (C=O) groups is 1. The van der Waals surface area contributed by atoms with Gasteiger partial charge in [0, 0.05) is 12.5 Å². The Labute approximate surface area is 86.4 Å². The molecule has 0 atom stereocenters. The maximum Gasteiger partial charge on any atom is 0.263 e. The summed E-state index contributed by atoms with van der Waals surface area (Å²) in [5.74, 6) is -0.952. The van der Waals surface area contributed by atoms with Crippen molar-refractivity contribution in [2.24, 2.45) is 5.73 Å². The third kappa shape index (κ3) is 3.77. The third-order valence-electron chi connectivity index (χ3n) is 1.81. The number of primary amides is 1. The maximum absolute atomic E-state index is 10.7. The van der Waals surface area contributed by atoms with Crippen molar-refractivity contribution in [1.82, 2.24) is 5.48 Å². The number of nitro groups is 1. The summed E-state index contributed by atoms with van der Waals surface area (Å²) >= 11 is 0. The predicted octanol–water partition coefficient (Wildman–Crippen LogP) is 0.404. The number of hydrogen-bond acceptors (Lipinski definition) is 5. The van der Waals surface area contributed by atoms with Gasteiger partial charge >= 0.3 is 0 Å². The van der Waals surface area contributed by atoms with E-state index in [1.807, 2.05) is 0 Å². The summed E-state index contributed by atoms with van der Waals surface area (Å²) in [5.41, 5.74) is 5.97. The van der Waals surface area contributed by atoms with Gasteiger partial charge in [-0.3, -0.25) is 14.9 Å². The predicted molar refractivity (Wildman–Crippen MR) is 53.8 cm³/mol. The van der Waals surface area contributed by atoms with Gasteiger partial charge < -0.3 is 16.4 Å². The molecule has 7 heteroatoms. The fourth-order valence-corrected chi connectivity index (χ4v) is 0.905. The normalized spacial score (nSPS) is 13.1. The van der Waals surface area contributed by atoms with E-state index in [0.717, 1.165) is 6.08 Å². The lowest BCUT2D eigenvalue weighted by Crippen LogP contribution is -2.22. The first-order chi connectivity index (χ1) is 6.93. The number of nitrogens with two attached hydrogens (primary N) is 1. The van der Waals surface area contributed by atoms with E-state index >= 15 is 0 Å². The van der Waals surface area contributed by atoms with E-state index in [1.54, 1.807) is 6.92 Å². The highest BCUT2D eigenvalue weighted by molar-refractivity contribution is 5.91. The molecule has 0 heterocycles. The largest absolute Gasteiger partial charge is 0.761 e. The SMILES string of the molecule is CCC(/C=C(\N[O-])C(N)=O)=C(\C)[N+](=O)[O-]. The molecule has 0 aromatic rings. The summed E-state index contributed by atoms with van der Waals surface area (Å²) in [6.07, 6.45) is 1.42. The molecular weight excluding hydrogens is 202 g/mol. The number of hydrogen-bond donors (Lipinski definition) is 2. The summed E-state index contributed by atoms with van der Waals surface area (Å²) in [7, 11) is 0. The molecule has 0 aliphatic rings. The van der Waals surface area contributed by atoms with Crippen LogP contribution in [0.1, 0.15) is 20.3 Å². The lowest BCUT2D eigenvalue weighted by Gasteiger charge is -2.11. The Morgan fingerprint density at radius 2 is 2.13 bits per heavy atom. The summed E-state index contributed by atoms with van der Waals surface area (Å²) in [6.45, 7) is 2.96. The molecule has 0 aliphatic heterocycles. The van der Waals surface area contributed by atoms with Gasteiger partial charge in [-0.15, -0.1) is 0 Å². The summed E-state index contributed by atoms with van der Waals surface area (Å²) in [4.78, 5) is 20.5. The van der Waals surface area contributed by atoms with Gasteiger partial charge in [0.15, 0.2) is 0 Å². The van der Waals surface area contributed by atoms with Crippen LogP contribution in [-0.2, 0) is 4.79 Å². The topological polar surface area (TPSA) is 121 Å². The number of amides is 1. The monoisotopic (exact) mass is 214 g/mol. The van der Waals surface area contributed by atoms with Gasteiger partial charge in [-0.2, -0.15) is 0 Å². The Hall–Kier alpha value is -1.89. The number of carbonyl (C=O) groups excluding carboxylic acids is 1. The molecule has 0 rings (SSSR count). The fourth-order valence-electron chi connectivity index (χ4n) is 0.905. The van der Waals surface area contributed by atoms with E-state index in [0.29, 0.717) is 6.42 Å². The second kappa shape index (κ2) is 5.76. The average Bonchev–Trinajstić information content (AvgIpc) is 2.18. The Morgan fingerprint density at radius 3 is 2.40 bits per heavy atom. The van der Waals surface area contributed by atoms with Crippen LogP contribution in [0.2, 0.25) is 0 Å². The van der Waals surface area contributed by atoms with E-state index in [-0.39, 0.29) is 11.3 Å². The van der Waals surface area contributed by atoms with E-state index in [2.05, 4.69) is 0 Å². The van der Waals surface area contributed by atoms with Gasteiger partial charge in [0.25, 0.3) is 5.91 Å². The van der Waals surface area contributed by atoms with Crippen LogP contribution in [-0.4, -0.2) is 10.8 Å². The molecule has 0 radical (unpaired) electrons. The molecule has 0 fully saturated rings. The molecule has 0 aromatic carbocycles. The molecule has 7 nitrogen and oxygen atoms in total. The molecule has 0 aliphatic carbocycles. The number of nitrogens with zero attached hydrogens (tertiary/aromatic N) is 1. The molecule has 0 saturated heterocycles. The number of allylic oxidation sites excluding steroid dienone is 3. The molecule has 3 N–H and O–H groups in total. The minimum atomic E-state index is -0.952. The molecule has 15 heavy (non-hydrogen) atoms. The van der Waals surface area contributed by atoms with Crippen molar-refractivity contribution in [2.75, 3.05) is 0 Å². The zero-order valence-electron chi connectivity index (χ0n) is 8.44. The molecule has 0 aromatic heterocycles. The number of rotatable bonds is 5. The van der Waals surface area contributed by atoms with Crippen molar-refractivity contribution in [3.05, 3.63) is 38.4 Å². The summed E-state index contributed by atoms with van der Waals surface area (Å²) in [5, 5.41) is 20.7. The zero-order chi connectivity index (χ0) is 12.0. The van der Waals surface area contributed by atoms with Crippen LogP contribution in [0.4, 0.5) is 0 Å². The molecule has 84 valence electrons. The van der Waals surface area contributed by atoms with Crippen molar-refractivity contribution < 1.29 is 9.72 Å². The Morgan fingerprint density at radius 1 is 1.60 bits per heavy atom. The van der Waals surface area contributed by atoms with Crippen LogP contribution in [0.5, 0.6) is 0 Å². The lowest BCUT2D eigenvalue weighted by atomic mass is 10.1. The van der Waals surface area contributed by atoms with Gasteiger partial charge in [0.1, 0.15) is 0 Å². The first-order valence-electron chi connectivity index (χ1n) is 4.17. The highest BCUT2D eigenvalue weighted by atomic mass is 16.6. The van der Waals surface area contributed by atoms with Crippen LogP contribution >= 0.6 is 0 Å². The first kappa shape index (κ1) is 13.1. The van der Waals surface area contributed by atoms with Crippen LogP contribution in [0.15, 0.2) is 23.0 Å². The quantitative estimate of drug-likeness (QED) is 0.297. The van der Waals surface area contributed by atoms with Gasteiger partial charge in [0.2, 0.25) is 5.70 Å². The minimum Gasteiger partial charge on any atom is -0.761 e. The van der Waals surface area contributed by atoms with Crippen molar-refractivity contribution in [3.63, 3.8) is 0 Å². The van der Waals surface area contributed by atoms with Crippen molar-refractivity contribution in [3.8, 4) is 0 Å². The smallest absolute Gasteiger partial charge is 0.263 e. The highest BCUT2D eigenvalue weighted by Crippen LogP contribution is 2.12. The van der Waals surface area contributed by atoms with Crippen LogP contribution in [0.25, 0.3) is 0 Å². The molecule has 0 spiro atoms. The van der Waals surface area contributed by atoms with Gasteiger partial charge in [-0.25, -0.2) is 0 Å². The van der Waals surface area contributed by atoms with E-state index in [9.17, 15) is 20.1 Å². The molecule has 0 bridgehead atoms. The maximum atomic E-state index is 10.7. The van der Waals surface area contributed by atoms with Gasteiger partial charge in [-0.1, -0.05) is 6.92 Å². The summed E-state index contributed by atoms with van der Waals surface area (Å²) in [6, 6.07) is 0. The molecular formula is C8H12N3O4-. The van der Waals surface area contributed by atoms with E-state index in [1.165, 1.54) is 12.4 Å². The lowest BCUT2D eigenvalue weighted by molar-refractivity contribution is -0.425. The second-order valence-corrected chi connectivity index (χ2v) is 2.75. The molecule has 1 amide bonds. The minimum absolute atomic E-state index is 0.119. The Kier molecular flexibility index (Phi) is 5.03. The van der Waals surface area contributed by atoms with Gasteiger partial charge in [-0.05, 0) is 12.5 Å². The van der Waals surface area contributed by atoms with Crippen molar-refractivity contribution in [1.29, 1.82) is 0 Å². The first-order valence-corrected chi connectivity index (χ1v) is 4.17. The Bertz CT molecular complexity index is 333. The van der Waals surface area contributed by atoms with E-state index < -0.39 is 16.5 Å². The second-order valence-electron chi connectivity index (χ2n) is 2.75. The van der Waals surface area contributed by atoms with Crippen LogP contribution in [0.3, 0.4) is 0 Å². The van der Waals surface area contributed by atoms with E-state index in [4.69, 9.17) is 5.73 Å². The van der Waals surface area contributed by atoms with Crippen LogP contribution in [0, 0.1) is 15.3 Å². The van der Waals surface area contributed by atoms with Crippen LogP contribution < -0.4 is 11.2 Å². The third-order valence-corrected chi connectivity index (χ3v) is 1.81. The molecule has 0 unspecified atom stereocenters. The van der Waals surface area contributed by atoms with Gasteiger partial charge in [0.05, 0.1) is 10.6 Å². The standard InChI is InChI=1S/C8H12N3O4/c1-3-6(5(2)11(14)15)4-7(10-13)8(9)12/h4,10H,3H2,1-2H3,(H2,9,12)/q-1/b6-5-,7-4-. The van der Waals surface area contributed by atoms with Crippen molar-refractivity contribution in [2.45, 2.75) is 20.3 Å².